The van der Waals surface area contributed by atoms with Crippen molar-refractivity contribution in [1.29, 1.82) is 0 Å². The normalized spacial score (nSPS) is 19.6. The first-order chi connectivity index (χ1) is 7.75. The Kier molecular flexibility index (Phi) is 4.30. The predicted octanol–water partition coefficient (Wildman–Crippen LogP) is 4.13. The van der Waals surface area contributed by atoms with Crippen LogP contribution in [-0.4, -0.2) is 5.25 Å². The lowest BCUT2D eigenvalue weighted by Gasteiger charge is -2.21. The van der Waals surface area contributed by atoms with Gasteiger partial charge in [0.2, 0.25) is 0 Å². The summed E-state index contributed by atoms with van der Waals surface area (Å²) in [5, 5.41) is 0.842. The molecule has 0 bridgehead atoms. The largest absolute Gasteiger partial charge is 0.324 e. The van der Waals surface area contributed by atoms with E-state index in [9.17, 15) is 0 Å². The number of hydrogen-bond acceptors (Lipinski definition) is 2. The van der Waals surface area contributed by atoms with Gasteiger partial charge in [-0.3, -0.25) is 0 Å². The smallest absolute Gasteiger partial charge is 0.0266 e. The van der Waals surface area contributed by atoms with Crippen LogP contribution in [0.15, 0.2) is 29.2 Å². The van der Waals surface area contributed by atoms with Crippen molar-refractivity contribution in [3.05, 3.63) is 29.8 Å². The third kappa shape index (κ3) is 3.26. The maximum atomic E-state index is 5.84. The van der Waals surface area contributed by atoms with Gasteiger partial charge in [0.1, 0.15) is 0 Å². The molecule has 1 aliphatic rings. The van der Waals surface area contributed by atoms with Crippen LogP contribution in [0, 0.1) is 0 Å². The second-order valence-corrected chi connectivity index (χ2v) is 6.11. The third-order valence-electron chi connectivity index (χ3n) is 3.26. The molecule has 0 unspecified atom stereocenters. The molecule has 2 heteroatoms. The lowest BCUT2D eigenvalue weighted by Crippen LogP contribution is -2.08. The Morgan fingerprint density at radius 3 is 2.31 bits per heavy atom. The Balaban J connectivity index is 1.93. The molecule has 88 valence electrons. The fraction of sp³-hybridized carbons (Fsp3) is 0.571. The number of hydrogen-bond donors (Lipinski definition) is 1. The van der Waals surface area contributed by atoms with Gasteiger partial charge in [-0.2, -0.15) is 0 Å². The molecule has 1 nitrogen and oxygen atoms in total. The van der Waals surface area contributed by atoms with Gasteiger partial charge in [-0.25, -0.2) is 0 Å². The molecule has 0 aliphatic heterocycles. The maximum absolute atomic E-state index is 5.84. The van der Waals surface area contributed by atoms with Gasteiger partial charge in [0.05, 0.1) is 0 Å². The highest BCUT2D eigenvalue weighted by Gasteiger charge is 2.14. The Morgan fingerprint density at radius 1 is 1.12 bits per heavy atom. The van der Waals surface area contributed by atoms with Crippen molar-refractivity contribution in [2.45, 2.75) is 55.2 Å². The number of rotatable bonds is 3. The molecule has 0 amide bonds. The zero-order valence-electron chi connectivity index (χ0n) is 9.99. The Hall–Kier alpha value is -0.470. The van der Waals surface area contributed by atoms with E-state index in [1.807, 2.05) is 18.7 Å². The van der Waals surface area contributed by atoms with Crippen molar-refractivity contribution in [2.24, 2.45) is 5.73 Å². The highest BCUT2D eigenvalue weighted by molar-refractivity contribution is 8.00. The van der Waals surface area contributed by atoms with Crippen molar-refractivity contribution < 1.29 is 0 Å². The molecule has 1 aromatic carbocycles. The molecule has 1 fully saturated rings. The number of thioether (sulfide) groups is 1. The molecule has 16 heavy (non-hydrogen) atoms. The second kappa shape index (κ2) is 5.74. The molecule has 0 radical (unpaired) electrons. The van der Waals surface area contributed by atoms with Crippen molar-refractivity contribution in [3.63, 3.8) is 0 Å². The quantitative estimate of drug-likeness (QED) is 0.852. The topological polar surface area (TPSA) is 26.0 Å². The standard InChI is InChI=1S/C14H21NS/c1-11(15)12-7-9-14(10-8-12)16-13-5-3-2-4-6-13/h7-11,13H,2-6,15H2,1H3/t11-/m1/s1. The molecular formula is C14H21NS. The number of benzene rings is 1. The summed E-state index contributed by atoms with van der Waals surface area (Å²) in [5.41, 5.74) is 7.07. The van der Waals surface area contributed by atoms with Gasteiger partial charge in [-0.1, -0.05) is 31.4 Å². The average Bonchev–Trinajstić information content (AvgIpc) is 2.31. The minimum absolute atomic E-state index is 0.147. The van der Waals surface area contributed by atoms with Crippen molar-refractivity contribution >= 4 is 11.8 Å². The number of nitrogens with two attached hydrogens (primary N) is 1. The fourth-order valence-corrected chi connectivity index (χ4v) is 3.47. The van der Waals surface area contributed by atoms with Crippen LogP contribution >= 0.6 is 11.8 Å². The van der Waals surface area contributed by atoms with Crippen LogP contribution in [0.5, 0.6) is 0 Å². The van der Waals surface area contributed by atoms with Gasteiger partial charge in [0.15, 0.2) is 0 Å². The molecule has 1 atom stereocenters. The second-order valence-electron chi connectivity index (χ2n) is 4.74. The van der Waals surface area contributed by atoms with E-state index in [0.29, 0.717) is 0 Å². The van der Waals surface area contributed by atoms with Crippen LogP contribution in [0.25, 0.3) is 0 Å². The molecule has 1 saturated carbocycles. The maximum Gasteiger partial charge on any atom is 0.0266 e. The summed E-state index contributed by atoms with van der Waals surface area (Å²) in [6.45, 7) is 2.03. The lowest BCUT2D eigenvalue weighted by molar-refractivity contribution is 0.516. The zero-order valence-corrected chi connectivity index (χ0v) is 10.8. The van der Waals surface area contributed by atoms with Crippen LogP contribution in [0.4, 0.5) is 0 Å². The first-order valence-corrected chi connectivity index (χ1v) is 7.16. The molecule has 0 spiro atoms. The summed E-state index contributed by atoms with van der Waals surface area (Å²) in [7, 11) is 0. The van der Waals surface area contributed by atoms with Gasteiger partial charge >= 0.3 is 0 Å². The van der Waals surface area contributed by atoms with Gasteiger partial charge in [-0.15, -0.1) is 11.8 Å². The van der Waals surface area contributed by atoms with Gasteiger partial charge in [-0.05, 0) is 37.5 Å². The van der Waals surface area contributed by atoms with Crippen molar-refractivity contribution in [3.8, 4) is 0 Å². The SMILES string of the molecule is C[C@@H](N)c1ccc(SC2CCCCC2)cc1. The van der Waals surface area contributed by atoms with E-state index in [4.69, 9.17) is 5.73 Å². The predicted molar refractivity (Wildman–Crippen MR) is 71.8 cm³/mol. The zero-order chi connectivity index (χ0) is 11.4. The minimum Gasteiger partial charge on any atom is -0.324 e. The van der Waals surface area contributed by atoms with E-state index in [1.165, 1.54) is 42.6 Å². The van der Waals surface area contributed by atoms with Crippen LogP contribution in [0.3, 0.4) is 0 Å². The van der Waals surface area contributed by atoms with Crippen LogP contribution in [0.2, 0.25) is 0 Å². The summed E-state index contributed by atoms with van der Waals surface area (Å²) in [5.74, 6) is 0. The Morgan fingerprint density at radius 2 is 1.75 bits per heavy atom. The van der Waals surface area contributed by atoms with E-state index in [2.05, 4.69) is 24.3 Å². The van der Waals surface area contributed by atoms with Crippen molar-refractivity contribution in [1.82, 2.24) is 0 Å². The summed E-state index contributed by atoms with van der Waals surface area (Å²) < 4.78 is 0. The summed E-state index contributed by atoms with van der Waals surface area (Å²) in [4.78, 5) is 1.40. The van der Waals surface area contributed by atoms with Gasteiger partial charge < -0.3 is 5.73 Å². The van der Waals surface area contributed by atoms with E-state index < -0.39 is 0 Å². The average molecular weight is 235 g/mol. The summed E-state index contributed by atoms with van der Waals surface area (Å²) >= 11 is 2.04. The highest BCUT2D eigenvalue weighted by Crippen LogP contribution is 2.33. The van der Waals surface area contributed by atoms with Crippen LogP contribution in [0.1, 0.15) is 50.6 Å². The minimum atomic E-state index is 0.147. The van der Waals surface area contributed by atoms with Gasteiger partial charge in [0.25, 0.3) is 0 Å². The first-order valence-electron chi connectivity index (χ1n) is 6.28. The molecular weight excluding hydrogens is 214 g/mol. The lowest BCUT2D eigenvalue weighted by atomic mass is 10.0. The van der Waals surface area contributed by atoms with E-state index in [1.54, 1.807) is 0 Å². The summed E-state index contributed by atoms with van der Waals surface area (Å²) in [6, 6.07) is 8.91. The molecule has 0 saturated heterocycles. The highest BCUT2D eigenvalue weighted by atomic mass is 32.2. The molecule has 1 aromatic rings. The Labute approximate surface area is 103 Å². The van der Waals surface area contributed by atoms with Crippen LogP contribution < -0.4 is 5.73 Å². The summed E-state index contributed by atoms with van der Waals surface area (Å²) in [6.07, 6.45) is 7.03. The fourth-order valence-electron chi connectivity index (χ4n) is 2.23. The van der Waals surface area contributed by atoms with E-state index in [-0.39, 0.29) is 6.04 Å². The third-order valence-corrected chi connectivity index (χ3v) is 4.61. The van der Waals surface area contributed by atoms with Gasteiger partial charge in [0, 0.05) is 16.2 Å². The Bertz CT molecular complexity index is 312. The monoisotopic (exact) mass is 235 g/mol. The van der Waals surface area contributed by atoms with Crippen LogP contribution in [-0.2, 0) is 0 Å². The molecule has 1 aliphatic carbocycles. The molecule has 0 heterocycles. The molecule has 2 rings (SSSR count). The van der Waals surface area contributed by atoms with E-state index in [0.717, 1.165) is 5.25 Å². The van der Waals surface area contributed by atoms with Crippen molar-refractivity contribution in [2.75, 3.05) is 0 Å². The van der Waals surface area contributed by atoms with E-state index >= 15 is 0 Å². The first kappa shape index (κ1) is 12.0. The molecule has 0 aromatic heterocycles. The molecule has 2 N–H and O–H groups in total.